The van der Waals surface area contributed by atoms with Crippen LogP contribution in [-0.2, 0) is 18.8 Å². The molecule has 0 saturated heterocycles. The van der Waals surface area contributed by atoms with Crippen LogP contribution in [0.1, 0.15) is 34.0 Å². The van der Waals surface area contributed by atoms with Crippen molar-refractivity contribution in [2.24, 2.45) is 0 Å². The van der Waals surface area contributed by atoms with Crippen LogP contribution in [0.25, 0.3) is 0 Å². The van der Waals surface area contributed by atoms with Gasteiger partial charge >= 0.3 is 18.3 Å². The number of carboxylic acids is 1. The van der Waals surface area contributed by atoms with Crippen LogP contribution < -0.4 is 0 Å². The lowest BCUT2D eigenvalue weighted by molar-refractivity contribution is -0.143. The van der Waals surface area contributed by atoms with E-state index in [4.69, 9.17) is 5.11 Å². The van der Waals surface area contributed by atoms with Crippen LogP contribution in [0.3, 0.4) is 0 Å². The predicted octanol–water partition coefficient (Wildman–Crippen LogP) is 3.98. The van der Waals surface area contributed by atoms with Gasteiger partial charge in [-0.3, -0.25) is 0 Å². The zero-order valence-corrected chi connectivity index (χ0v) is 9.49. The van der Waals surface area contributed by atoms with Gasteiger partial charge in [0, 0.05) is 0 Å². The standard InChI is InChI=1S/C11H8F6O2/c1-2-5-3-6(9(18)19)8(11(15,16)17)4-7(5)10(12,13)14/h3-4H,2H2,1H3,(H,18,19). The molecular weight excluding hydrogens is 278 g/mol. The van der Waals surface area contributed by atoms with E-state index in [-0.39, 0.29) is 12.5 Å². The molecule has 8 heteroatoms. The summed E-state index contributed by atoms with van der Waals surface area (Å²) in [7, 11) is 0. The smallest absolute Gasteiger partial charge is 0.417 e. The molecule has 0 bridgehead atoms. The van der Waals surface area contributed by atoms with E-state index >= 15 is 0 Å². The Labute approximate surface area is 103 Å². The Morgan fingerprint density at radius 3 is 1.84 bits per heavy atom. The molecule has 0 aromatic heterocycles. The molecule has 0 fully saturated rings. The molecule has 0 saturated carbocycles. The molecule has 1 aromatic rings. The first-order chi connectivity index (χ1) is 8.48. The summed E-state index contributed by atoms with van der Waals surface area (Å²) in [5.74, 6) is -1.92. The first kappa shape index (κ1) is 15.3. The Hall–Kier alpha value is -1.73. The molecule has 0 aliphatic heterocycles. The van der Waals surface area contributed by atoms with Crippen LogP contribution in [0.5, 0.6) is 0 Å². The number of rotatable bonds is 2. The highest BCUT2D eigenvalue weighted by molar-refractivity contribution is 5.90. The van der Waals surface area contributed by atoms with Crippen LogP contribution >= 0.6 is 0 Å². The normalized spacial score (nSPS) is 12.6. The highest BCUT2D eigenvalue weighted by Crippen LogP contribution is 2.39. The Kier molecular flexibility index (Phi) is 3.83. The molecule has 19 heavy (non-hydrogen) atoms. The van der Waals surface area contributed by atoms with Gasteiger partial charge in [-0.25, -0.2) is 4.79 Å². The summed E-state index contributed by atoms with van der Waals surface area (Å²) in [5, 5.41) is 8.66. The number of benzene rings is 1. The van der Waals surface area contributed by atoms with Crippen LogP contribution in [0.15, 0.2) is 12.1 Å². The van der Waals surface area contributed by atoms with E-state index in [1.807, 2.05) is 0 Å². The Morgan fingerprint density at radius 1 is 1.05 bits per heavy atom. The summed E-state index contributed by atoms with van der Waals surface area (Å²) in [5.41, 5.74) is -4.94. The van der Waals surface area contributed by atoms with Gasteiger partial charge in [0.2, 0.25) is 0 Å². The molecule has 0 atom stereocenters. The second-order valence-corrected chi connectivity index (χ2v) is 3.71. The van der Waals surface area contributed by atoms with E-state index in [1.54, 1.807) is 0 Å². The van der Waals surface area contributed by atoms with E-state index in [1.165, 1.54) is 6.92 Å². The van der Waals surface area contributed by atoms with Crippen molar-refractivity contribution in [1.29, 1.82) is 0 Å². The average molecular weight is 286 g/mol. The van der Waals surface area contributed by atoms with Crippen molar-refractivity contribution in [3.8, 4) is 0 Å². The molecule has 0 spiro atoms. The molecule has 1 aromatic carbocycles. The fourth-order valence-corrected chi connectivity index (χ4v) is 1.61. The molecule has 0 unspecified atom stereocenters. The summed E-state index contributed by atoms with van der Waals surface area (Å²) < 4.78 is 75.6. The van der Waals surface area contributed by atoms with Gasteiger partial charge in [0.15, 0.2) is 0 Å². The minimum Gasteiger partial charge on any atom is -0.478 e. The number of halogens is 6. The number of carboxylic acid groups (broad SMARTS) is 1. The van der Waals surface area contributed by atoms with Gasteiger partial charge in [0.1, 0.15) is 0 Å². The van der Waals surface area contributed by atoms with Crippen LogP contribution in [0.4, 0.5) is 26.3 Å². The number of aromatic carboxylic acids is 1. The second-order valence-electron chi connectivity index (χ2n) is 3.71. The number of hydrogen-bond acceptors (Lipinski definition) is 1. The van der Waals surface area contributed by atoms with Gasteiger partial charge in [0.05, 0.1) is 16.7 Å². The molecule has 0 radical (unpaired) electrons. The van der Waals surface area contributed by atoms with E-state index in [9.17, 15) is 31.1 Å². The minimum absolute atomic E-state index is 0.151. The maximum absolute atomic E-state index is 12.6. The third kappa shape index (κ3) is 3.18. The third-order valence-corrected chi connectivity index (χ3v) is 2.47. The van der Waals surface area contributed by atoms with Crippen molar-refractivity contribution in [2.45, 2.75) is 25.7 Å². The molecule has 2 nitrogen and oxygen atoms in total. The molecule has 1 N–H and O–H groups in total. The average Bonchev–Trinajstić information content (AvgIpc) is 2.24. The fourth-order valence-electron chi connectivity index (χ4n) is 1.61. The van der Waals surface area contributed by atoms with E-state index in [2.05, 4.69) is 0 Å². The zero-order chi connectivity index (χ0) is 15.0. The van der Waals surface area contributed by atoms with Gasteiger partial charge < -0.3 is 5.11 Å². The summed E-state index contributed by atoms with van der Waals surface area (Å²) in [6, 6.07) is 0.274. The van der Waals surface area contributed by atoms with E-state index < -0.39 is 40.6 Å². The summed E-state index contributed by atoms with van der Waals surface area (Å²) >= 11 is 0. The van der Waals surface area contributed by atoms with Crippen molar-refractivity contribution in [1.82, 2.24) is 0 Å². The number of hydrogen-bond donors (Lipinski definition) is 1. The topological polar surface area (TPSA) is 37.3 Å². The van der Waals surface area contributed by atoms with Gasteiger partial charge in [0.25, 0.3) is 0 Å². The maximum atomic E-state index is 12.6. The highest BCUT2D eigenvalue weighted by Gasteiger charge is 2.41. The van der Waals surface area contributed by atoms with Gasteiger partial charge in [-0.1, -0.05) is 6.92 Å². The van der Waals surface area contributed by atoms with Gasteiger partial charge in [-0.15, -0.1) is 0 Å². The van der Waals surface area contributed by atoms with E-state index in [0.29, 0.717) is 6.07 Å². The maximum Gasteiger partial charge on any atom is 0.417 e. The SMILES string of the molecule is CCc1cc(C(=O)O)c(C(F)(F)F)cc1C(F)(F)F. The molecule has 1 rings (SSSR count). The van der Waals surface area contributed by atoms with Crippen molar-refractivity contribution in [2.75, 3.05) is 0 Å². The quantitative estimate of drug-likeness (QED) is 0.835. The molecule has 0 aliphatic carbocycles. The predicted molar refractivity (Wildman–Crippen MR) is 52.8 cm³/mol. The molecule has 106 valence electrons. The van der Waals surface area contributed by atoms with Gasteiger partial charge in [-0.05, 0) is 24.1 Å². The summed E-state index contributed by atoms with van der Waals surface area (Å²) in [6.45, 7) is 1.30. The lowest BCUT2D eigenvalue weighted by Crippen LogP contribution is -2.18. The first-order valence-corrected chi connectivity index (χ1v) is 5.03. The van der Waals surface area contributed by atoms with Crippen LogP contribution in [0.2, 0.25) is 0 Å². The summed E-state index contributed by atoms with van der Waals surface area (Å²) in [6.07, 6.45) is -10.4. The lowest BCUT2D eigenvalue weighted by Gasteiger charge is -2.17. The third-order valence-electron chi connectivity index (χ3n) is 2.47. The van der Waals surface area contributed by atoms with Crippen molar-refractivity contribution < 1.29 is 36.2 Å². The van der Waals surface area contributed by atoms with E-state index in [0.717, 1.165) is 0 Å². The van der Waals surface area contributed by atoms with Crippen LogP contribution in [-0.4, -0.2) is 11.1 Å². The second kappa shape index (κ2) is 4.75. The molecular formula is C11H8F6O2. The first-order valence-electron chi connectivity index (χ1n) is 5.03. The molecule has 0 aliphatic rings. The zero-order valence-electron chi connectivity index (χ0n) is 9.49. The fraction of sp³-hybridized carbons (Fsp3) is 0.364. The Morgan fingerprint density at radius 2 is 1.53 bits per heavy atom. The van der Waals surface area contributed by atoms with Crippen LogP contribution in [0, 0.1) is 0 Å². The largest absolute Gasteiger partial charge is 0.478 e. The lowest BCUT2D eigenvalue weighted by atomic mass is 9.96. The molecule has 0 heterocycles. The molecule has 0 amide bonds. The van der Waals surface area contributed by atoms with Gasteiger partial charge in [-0.2, -0.15) is 26.3 Å². The Balaban J connectivity index is 3.67. The van der Waals surface area contributed by atoms with Crippen molar-refractivity contribution in [3.63, 3.8) is 0 Å². The number of carbonyl (C=O) groups is 1. The highest BCUT2D eigenvalue weighted by atomic mass is 19.4. The Bertz CT molecular complexity index is 501. The number of alkyl halides is 6. The number of aryl methyl sites for hydroxylation is 1. The summed E-state index contributed by atoms with van der Waals surface area (Å²) in [4.78, 5) is 10.7. The van der Waals surface area contributed by atoms with Crippen molar-refractivity contribution >= 4 is 5.97 Å². The minimum atomic E-state index is -5.17. The van der Waals surface area contributed by atoms with Crippen molar-refractivity contribution in [3.05, 3.63) is 34.4 Å². The monoisotopic (exact) mass is 286 g/mol.